The molecule has 0 spiro atoms. The van der Waals surface area contributed by atoms with Crippen molar-refractivity contribution in [2.24, 2.45) is 0 Å². The number of aliphatic carboxylic acids is 1. The predicted octanol–water partition coefficient (Wildman–Crippen LogP) is 3.17. The fourth-order valence-electron chi connectivity index (χ4n) is 1.97. The van der Waals surface area contributed by atoms with Crippen molar-refractivity contribution >= 4 is 5.97 Å². The van der Waals surface area contributed by atoms with E-state index in [0.717, 1.165) is 11.1 Å². The van der Waals surface area contributed by atoms with Gasteiger partial charge in [0.1, 0.15) is 5.75 Å². The van der Waals surface area contributed by atoms with Gasteiger partial charge >= 0.3 is 5.97 Å². The van der Waals surface area contributed by atoms with Crippen molar-refractivity contribution < 1.29 is 15.0 Å². The van der Waals surface area contributed by atoms with Crippen molar-refractivity contribution in [2.45, 2.75) is 19.3 Å². The molecule has 2 rings (SSSR count). The van der Waals surface area contributed by atoms with Crippen molar-refractivity contribution in [3.63, 3.8) is 0 Å². The molecule has 0 radical (unpaired) electrons. The van der Waals surface area contributed by atoms with Crippen LogP contribution in [0.5, 0.6) is 5.75 Å². The molecule has 0 aliphatic heterocycles. The Balaban J connectivity index is 2.30. The monoisotopic (exact) mass is 256 g/mol. The van der Waals surface area contributed by atoms with Crippen LogP contribution < -0.4 is 0 Å². The average Bonchev–Trinajstić information content (AvgIpc) is 2.41. The van der Waals surface area contributed by atoms with Gasteiger partial charge < -0.3 is 10.2 Å². The molecule has 0 saturated carbocycles. The molecule has 98 valence electrons. The lowest BCUT2D eigenvalue weighted by molar-refractivity contribution is -0.138. The predicted molar refractivity (Wildman–Crippen MR) is 73.4 cm³/mol. The molecule has 2 N–H and O–H groups in total. The molecule has 0 saturated heterocycles. The minimum Gasteiger partial charge on any atom is -0.508 e. The Morgan fingerprint density at radius 1 is 1.16 bits per heavy atom. The summed E-state index contributed by atoms with van der Waals surface area (Å²) in [6, 6.07) is 14.8. The third kappa shape index (κ3) is 3.13. The molecule has 0 heterocycles. The standard InChI is InChI=1S/C16H16O3/c1-11(16(18)19)13-7-8-15(17)14(10-13)9-12-5-3-2-4-6-12/h2-8,10-11,17H,9H2,1H3,(H,18,19). The zero-order chi connectivity index (χ0) is 13.8. The molecule has 0 bridgehead atoms. The van der Waals surface area contributed by atoms with Crippen LogP contribution in [0.15, 0.2) is 48.5 Å². The zero-order valence-corrected chi connectivity index (χ0v) is 10.7. The molecular formula is C16H16O3. The molecule has 2 aromatic carbocycles. The highest BCUT2D eigenvalue weighted by atomic mass is 16.4. The lowest BCUT2D eigenvalue weighted by Gasteiger charge is -2.11. The molecule has 1 unspecified atom stereocenters. The van der Waals surface area contributed by atoms with Gasteiger partial charge in [-0.3, -0.25) is 4.79 Å². The quantitative estimate of drug-likeness (QED) is 0.883. The molecule has 3 nitrogen and oxygen atoms in total. The number of carboxylic acids is 1. The minimum absolute atomic E-state index is 0.199. The zero-order valence-electron chi connectivity index (χ0n) is 10.7. The molecule has 0 amide bonds. The molecule has 0 aliphatic carbocycles. The summed E-state index contributed by atoms with van der Waals surface area (Å²) < 4.78 is 0. The number of phenols is 1. The molecule has 0 fully saturated rings. The van der Waals surface area contributed by atoms with Crippen LogP contribution >= 0.6 is 0 Å². The third-order valence-corrected chi connectivity index (χ3v) is 3.21. The summed E-state index contributed by atoms with van der Waals surface area (Å²) in [4.78, 5) is 11.0. The molecule has 1 atom stereocenters. The largest absolute Gasteiger partial charge is 0.508 e. The highest BCUT2D eigenvalue weighted by Crippen LogP contribution is 2.25. The van der Waals surface area contributed by atoms with Crippen molar-refractivity contribution in [3.05, 3.63) is 65.2 Å². The average molecular weight is 256 g/mol. The van der Waals surface area contributed by atoms with Crippen LogP contribution in [0, 0.1) is 0 Å². The first-order valence-corrected chi connectivity index (χ1v) is 6.16. The van der Waals surface area contributed by atoms with E-state index in [1.807, 2.05) is 30.3 Å². The Bertz CT molecular complexity index is 576. The maximum absolute atomic E-state index is 11.0. The highest BCUT2D eigenvalue weighted by Gasteiger charge is 2.15. The molecule has 19 heavy (non-hydrogen) atoms. The Hall–Kier alpha value is -2.29. The highest BCUT2D eigenvalue weighted by molar-refractivity contribution is 5.75. The van der Waals surface area contributed by atoms with Gasteiger partial charge in [0.05, 0.1) is 5.92 Å². The van der Waals surface area contributed by atoms with Gasteiger partial charge in [0.25, 0.3) is 0 Å². The van der Waals surface area contributed by atoms with Gasteiger partial charge in [-0.1, -0.05) is 42.5 Å². The number of carbonyl (C=O) groups is 1. The maximum Gasteiger partial charge on any atom is 0.310 e. The molecular weight excluding hydrogens is 240 g/mol. The maximum atomic E-state index is 11.0. The Morgan fingerprint density at radius 2 is 1.84 bits per heavy atom. The van der Waals surface area contributed by atoms with Crippen molar-refractivity contribution in [1.29, 1.82) is 0 Å². The van der Waals surface area contributed by atoms with Gasteiger partial charge in [-0.15, -0.1) is 0 Å². The second-order valence-electron chi connectivity index (χ2n) is 4.61. The molecule has 3 heteroatoms. The van der Waals surface area contributed by atoms with E-state index in [1.54, 1.807) is 25.1 Å². The van der Waals surface area contributed by atoms with Gasteiger partial charge in [0.15, 0.2) is 0 Å². The SMILES string of the molecule is CC(C(=O)O)c1ccc(O)c(Cc2ccccc2)c1. The normalized spacial score (nSPS) is 12.1. The van der Waals surface area contributed by atoms with Crippen LogP contribution in [0.4, 0.5) is 0 Å². The van der Waals surface area contributed by atoms with E-state index in [1.165, 1.54) is 0 Å². The van der Waals surface area contributed by atoms with Crippen LogP contribution in [0.2, 0.25) is 0 Å². The van der Waals surface area contributed by atoms with E-state index in [-0.39, 0.29) is 5.75 Å². The van der Waals surface area contributed by atoms with E-state index >= 15 is 0 Å². The number of hydrogen-bond donors (Lipinski definition) is 2. The van der Waals surface area contributed by atoms with Crippen LogP contribution in [0.25, 0.3) is 0 Å². The molecule has 2 aromatic rings. The number of phenolic OH excluding ortho intramolecular Hbond substituents is 1. The summed E-state index contributed by atoms with van der Waals surface area (Å²) in [6.45, 7) is 1.64. The van der Waals surface area contributed by atoms with Crippen molar-refractivity contribution in [3.8, 4) is 5.75 Å². The van der Waals surface area contributed by atoms with Crippen LogP contribution in [-0.4, -0.2) is 16.2 Å². The summed E-state index contributed by atoms with van der Waals surface area (Å²) in [5.74, 6) is -1.24. The fourth-order valence-corrected chi connectivity index (χ4v) is 1.97. The first kappa shape index (κ1) is 13.1. The summed E-state index contributed by atoms with van der Waals surface area (Å²) in [7, 11) is 0. The van der Waals surface area contributed by atoms with Gasteiger partial charge in [-0.05, 0) is 29.7 Å². The number of benzene rings is 2. The summed E-state index contributed by atoms with van der Waals surface area (Å²) in [6.07, 6.45) is 0.590. The first-order chi connectivity index (χ1) is 9.08. The third-order valence-electron chi connectivity index (χ3n) is 3.21. The second-order valence-corrected chi connectivity index (χ2v) is 4.61. The van der Waals surface area contributed by atoms with Gasteiger partial charge in [0, 0.05) is 6.42 Å². The Kier molecular flexibility index (Phi) is 3.85. The smallest absolute Gasteiger partial charge is 0.310 e. The van der Waals surface area contributed by atoms with Crippen molar-refractivity contribution in [1.82, 2.24) is 0 Å². The Labute approximate surface area is 112 Å². The number of hydrogen-bond acceptors (Lipinski definition) is 2. The van der Waals surface area contributed by atoms with Gasteiger partial charge in [-0.2, -0.15) is 0 Å². The van der Waals surface area contributed by atoms with E-state index in [2.05, 4.69) is 0 Å². The van der Waals surface area contributed by atoms with Crippen LogP contribution in [0.1, 0.15) is 29.5 Å². The summed E-state index contributed by atoms with van der Waals surface area (Å²) >= 11 is 0. The number of carboxylic acid groups (broad SMARTS) is 1. The van der Waals surface area contributed by atoms with Gasteiger partial charge in [0.2, 0.25) is 0 Å². The number of aromatic hydroxyl groups is 1. The molecule has 0 aliphatic rings. The fraction of sp³-hybridized carbons (Fsp3) is 0.188. The minimum atomic E-state index is -0.864. The molecule has 0 aromatic heterocycles. The topological polar surface area (TPSA) is 57.5 Å². The summed E-state index contributed by atoms with van der Waals surface area (Å²) in [5.41, 5.74) is 2.53. The second kappa shape index (κ2) is 5.57. The van der Waals surface area contributed by atoms with E-state index in [9.17, 15) is 9.90 Å². The van der Waals surface area contributed by atoms with E-state index in [4.69, 9.17) is 5.11 Å². The van der Waals surface area contributed by atoms with E-state index in [0.29, 0.717) is 12.0 Å². The summed E-state index contributed by atoms with van der Waals surface area (Å²) in [5, 5.41) is 18.9. The van der Waals surface area contributed by atoms with E-state index < -0.39 is 11.9 Å². The van der Waals surface area contributed by atoms with Crippen LogP contribution in [0.3, 0.4) is 0 Å². The lowest BCUT2D eigenvalue weighted by Crippen LogP contribution is -2.07. The lowest BCUT2D eigenvalue weighted by atomic mass is 9.96. The number of rotatable bonds is 4. The van der Waals surface area contributed by atoms with Crippen molar-refractivity contribution in [2.75, 3.05) is 0 Å². The van der Waals surface area contributed by atoms with Crippen LogP contribution in [-0.2, 0) is 11.2 Å². The van der Waals surface area contributed by atoms with Gasteiger partial charge in [-0.25, -0.2) is 0 Å². The Morgan fingerprint density at radius 3 is 2.47 bits per heavy atom. The first-order valence-electron chi connectivity index (χ1n) is 6.16.